The van der Waals surface area contributed by atoms with Crippen molar-refractivity contribution in [1.82, 2.24) is 5.32 Å². The molecule has 0 aliphatic carbocycles. The fourth-order valence-corrected chi connectivity index (χ4v) is 2.39. The smallest absolute Gasteiger partial charge is 0.230 e. The van der Waals surface area contributed by atoms with E-state index in [2.05, 4.69) is 26.1 Å². The number of amides is 1. The van der Waals surface area contributed by atoms with Gasteiger partial charge in [0.1, 0.15) is 0 Å². The first kappa shape index (κ1) is 13.8. The van der Waals surface area contributed by atoms with Gasteiger partial charge in [-0.15, -0.1) is 11.8 Å². The van der Waals surface area contributed by atoms with Gasteiger partial charge in [0.15, 0.2) is 0 Å². The normalized spacial score (nSPS) is 19.8. The topological polar surface area (TPSA) is 38.3 Å². The van der Waals surface area contributed by atoms with Crippen LogP contribution in [0.15, 0.2) is 0 Å². The number of thioether (sulfide) groups is 1. The molecule has 1 amide bonds. The Bertz CT molecular complexity index is 215. The van der Waals surface area contributed by atoms with Crippen LogP contribution in [-0.2, 0) is 9.53 Å². The molecule has 1 N–H and O–H groups in total. The molecule has 1 saturated heterocycles. The second-order valence-corrected chi connectivity index (χ2v) is 6.08. The average Bonchev–Trinajstić information content (AvgIpc) is 2.27. The standard InChI is InChI=1S/C12H23NO2S/c1-9(2)10(3)16-8-12(14)13-11-4-6-15-7-5-11/h9-11H,4-8H2,1-3H3,(H,13,14)/t10-/m0/s1. The van der Waals surface area contributed by atoms with Crippen LogP contribution in [0.1, 0.15) is 33.6 Å². The van der Waals surface area contributed by atoms with Gasteiger partial charge in [-0.1, -0.05) is 20.8 Å². The molecule has 1 fully saturated rings. The second-order valence-electron chi connectivity index (χ2n) is 4.71. The van der Waals surface area contributed by atoms with Gasteiger partial charge in [0, 0.05) is 24.5 Å². The number of hydrogen-bond donors (Lipinski definition) is 1. The van der Waals surface area contributed by atoms with Crippen molar-refractivity contribution in [3.8, 4) is 0 Å². The van der Waals surface area contributed by atoms with Crippen LogP contribution in [-0.4, -0.2) is 36.2 Å². The lowest BCUT2D eigenvalue weighted by atomic mass is 10.1. The highest BCUT2D eigenvalue weighted by Gasteiger charge is 2.17. The van der Waals surface area contributed by atoms with Crippen LogP contribution >= 0.6 is 11.8 Å². The van der Waals surface area contributed by atoms with Gasteiger partial charge < -0.3 is 10.1 Å². The van der Waals surface area contributed by atoms with E-state index in [-0.39, 0.29) is 5.91 Å². The number of rotatable bonds is 5. The summed E-state index contributed by atoms with van der Waals surface area (Å²) in [6, 6.07) is 0.330. The Morgan fingerprint density at radius 3 is 2.56 bits per heavy atom. The molecule has 0 radical (unpaired) electrons. The van der Waals surface area contributed by atoms with E-state index in [1.807, 2.05) is 0 Å². The molecule has 0 aromatic heterocycles. The van der Waals surface area contributed by atoms with E-state index in [0.717, 1.165) is 26.1 Å². The molecule has 0 aromatic rings. The van der Waals surface area contributed by atoms with Crippen LogP contribution in [0.2, 0.25) is 0 Å². The lowest BCUT2D eigenvalue weighted by molar-refractivity contribution is -0.119. The molecule has 4 heteroatoms. The Morgan fingerprint density at radius 2 is 2.00 bits per heavy atom. The van der Waals surface area contributed by atoms with Crippen molar-refractivity contribution in [3.05, 3.63) is 0 Å². The molecule has 1 heterocycles. The number of hydrogen-bond acceptors (Lipinski definition) is 3. The molecule has 1 rings (SSSR count). The van der Waals surface area contributed by atoms with E-state index < -0.39 is 0 Å². The van der Waals surface area contributed by atoms with Crippen molar-refractivity contribution in [2.75, 3.05) is 19.0 Å². The highest BCUT2D eigenvalue weighted by molar-refractivity contribution is 8.00. The van der Waals surface area contributed by atoms with E-state index in [4.69, 9.17) is 4.74 Å². The molecule has 0 unspecified atom stereocenters. The minimum absolute atomic E-state index is 0.171. The average molecular weight is 245 g/mol. The van der Waals surface area contributed by atoms with Crippen LogP contribution in [0, 0.1) is 5.92 Å². The maximum atomic E-state index is 11.7. The maximum Gasteiger partial charge on any atom is 0.230 e. The summed E-state index contributed by atoms with van der Waals surface area (Å²) in [6.45, 7) is 8.11. The molecule has 1 aliphatic rings. The van der Waals surface area contributed by atoms with Gasteiger partial charge in [-0.25, -0.2) is 0 Å². The predicted molar refractivity (Wildman–Crippen MR) is 68.7 cm³/mol. The van der Waals surface area contributed by atoms with E-state index in [0.29, 0.717) is 23.0 Å². The predicted octanol–water partition coefficient (Wildman–Crippen LogP) is 2.06. The molecule has 3 nitrogen and oxygen atoms in total. The summed E-state index contributed by atoms with van der Waals surface area (Å²) in [4.78, 5) is 11.7. The summed E-state index contributed by atoms with van der Waals surface area (Å²) < 4.78 is 5.25. The van der Waals surface area contributed by atoms with Crippen LogP contribution in [0.3, 0.4) is 0 Å². The summed E-state index contributed by atoms with van der Waals surface area (Å²) in [6.07, 6.45) is 1.91. The van der Waals surface area contributed by atoms with Gasteiger partial charge in [0.05, 0.1) is 5.75 Å². The maximum absolute atomic E-state index is 11.7. The molecule has 1 aliphatic heterocycles. The first-order valence-electron chi connectivity index (χ1n) is 6.08. The zero-order chi connectivity index (χ0) is 12.0. The molecule has 0 saturated carbocycles. The first-order chi connectivity index (χ1) is 7.59. The summed E-state index contributed by atoms with van der Waals surface area (Å²) in [7, 11) is 0. The molecule has 1 atom stereocenters. The van der Waals surface area contributed by atoms with Crippen molar-refractivity contribution in [3.63, 3.8) is 0 Å². The zero-order valence-electron chi connectivity index (χ0n) is 10.5. The van der Waals surface area contributed by atoms with Crippen molar-refractivity contribution in [2.45, 2.75) is 44.9 Å². The van der Waals surface area contributed by atoms with Crippen molar-refractivity contribution in [2.24, 2.45) is 5.92 Å². The molecule has 0 aromatic carbocycles. The fraction of sp³-hybridized carbons (Fsp3) is 0.917. The van der Waals surface area contributed by atoms with Crippen LogP contribution < -0.4 is 5.32 Å². The lowest BCUT2D eigenvalue weighted by Crippen LogP contribution is -2.40. The molecular formula is C12H23NO2S. The molecule has 94 valence electrons. The van der Waals surface area contributed by atoms with E-state index in [1.165, 1.54) is 0 Å². The van der Waals surface area contributed by atoms with Crippen molar-refractivity contribution < 1.29 is 9.53 Å². The third-order valence-electron chi connectivity index (χ3n) is 3.00. The van der Waals surface area contributed by atoms with Gasteiger partial charge in [0.2, 0.25) is 5.91 Å². The molecule has 0 bridgehead atoms. The minimum atomic E-state index is 0.171. The first-order valence-corrected chi connectivity index (χ1v) is 7.13. The number of nitrogens with one attached hydrogen (secondary N) is 1. The Kier molecular flexibility index (Phi) is 6.21. The highest BCUT2D eigenvalue weighted by atomic mass is 32.2. The molecule has 16 heavy (non-hydrogen) atoms. The van der Waals surface area contributed by atoms with Gasteiger partial charge in [-0.3, -0.25) is 4.79 Å². The molecule has 0 spiro atoms. The van der Waals surface area contributed by atoms with Gasteiger partial charge in [-0.2, -0.15) is 0 Å². The van der Waals surface area contributed by atoms with E-state index in [1.54, 1.807) is 11.8 Å². The third-order valence-corrected chi connectivity index (χ3v) is 4.50. The minimum Gasteiger partial charge on any atom is -0.381 e. The number of carbonyl (C=O) groups is 1. The fourth-order valence-electron chi connectivity index (χ4n) is 1.51. The number of carbonyl (C=O) groups excluding carboxylic acids is 1. The summed E-state index contributed by atoms with van der Waals surface area (Å²) in [5.41, 5.74) is 0. The van der Waals surface area contributed by atoms with Crippen LogP contribution in [0.5, 0.6) is 0 Å². The second kappa shape index (κ2) is 7.17. The quantitative estimate of drug-likeness (QED) is 0.806. The Labute approximate surface area is 103 Å². The Morgan fingerprint density at radius 1 is 1.38 bits per heavy atom. The van der Waals surface area contributed by atoms with E-state index >= 15 is 0 Å². The monoisotopic (exact) mass is 245 g/mol. The van der Waals surface area contributed by atoms with Crippen LogP contribution in [0.25, 0.3) is 0 Å². The largest absolute Gasteiger partial charge is 0.381 e. The Hall–Kier alpha value is -0.220. The lowest BCUT2D eigenvalue weighted by Gasteiger charge is -2.23. The van der Waals surface area contributed by atoms with Crippen molar-refractivity contribution >= 4 is 17.7 Å². The SMILES string of the molecule is CC(C)[C@H](C)SCC(=O)NC1CCOCC1. The summed E-state index contributed by atoms with van der Waals surface area (Å²) >= 11 is 1.74. The summed E-state index contributed by atoms with van der Waals surface area (Å²) in [5.74, 6) is 1.38. The third kappa shape index (κ3) is 5.21. The highest BCUT2D eigenvalue weighted by Crippen LogP contribution is 2.18. The number of ether oxygens (including phenoxy) is 1. The zero-order valence-corrected chi connectivity index (χ0v) is 11.3. The van der Waals surface area contributed by atoms with Gasteiger partial charge in [0.25, 0.3) is 0 Å². The molecular weight excluding hydrogens is 222 g/mol. The van der Waals surface area contributed by atoms with Crippen molar-refractivity contribution in [1.29, 1.82) is 0 Å². The van der Waals surface area contributed by atoms with Crippen LogP contribution in [0.4, 0.5) is 0 Å². The summed E-state index contributed by atoms with van der Waals surface area (Å²) in [5, 5.41) is 3.62. The van der Waals surface area contributed by atoms with Gasteiger partial charge in [-0.05, 0) is 18.8 Å². The van der Waals surface area contributed by atoms with Gasteiger partial charge >= 0.3 is 0 Å². The van der Waals surface area contributed by atoms with E-state index in [9.17, 15) is 4.79 Å². The Balaban J connectivity index is 2.14.